The summed E-state index contributed by atoms with van der Waals surface area (Å²) >= 11 is 0. The maximum Gasteiger partial charge on any atom is 0.140 e. The Labute approximate surface area is 238 Å². The topological polar surface area (TPSA) is 115 Å². The number of nitrogens with zero attached hydrogens (tertiary/aromatic N) is 2. The molecule has 0 amide bonds. The number of rotatable bonds is 17. The lowest BCUT2D eigenvalue weighted by Crippen LogP contribution is -2.31. The second-order valence-corrected chi connectivity index (χ2v) is 9.47. The molecule has 0 aliphatic carbocycles. The SMILES string of the molecule is C=C/C(=C\C=C(/CC)NCCN(CC)Cc1cccc(-c2cc(N)nc(NC(N)c3ccco3)c2)c1)OCCC. The van der Waals surface area contributed by atoms with Crippen LogP contribution in [0.1, 0.15) is 51.1 Å². The lowest BCUT2D eigenvalue weighted by Gasteiger charge is -2.22. The molecule has 8 nitrogen and oxygen atoms in total. The fraction of sp³-hybridized carbons (Fsp3) is 0.344. The molecular formula is C32H44N6O2. The number of likely N-dealkylation sites (N-methyl/N-ethyl adjacent to an activating group) is 1. The van der Waals surface area contributed by atoms with E-state index in [0.29, 0.717) is 24.0 Å². The van der Waals surface area contributed by atoms with Crippen LogP contribution in [0, 0.1) is 0 Å². The standard InChI is InChI=1S/C32H44N6O2/c1-5-18-39-28(7-3)15-14-27(6-2)35-16-17-38(8-4)23-24-11-9-12-25(20-24)26-21-30(33)36-31(22-26)37-32(34)29-13-10-19-40-29/h7,9-15,19-22,32,35H,3,5-6,8,16-18,23,34H2,1-2,4H3,(H3,33,36,37)/b27-14+,28-15+. The average molecular weight is 545 g/mol. The maximum atomic E-state index is 6.21. The molecule has 1 atom stereocenters. The number of allylic oxidation sites excluding steroid dienone is 4. The van der Waals surface area contributed by atoms with E-state index in [9.17, 15) is 0 Å². The molecule has 1 aromatic carbocycles. The van der Waals surface area contributed by atoms with E-state index in [2.05, 4.69) is 78.2 Å². The summed E-state index contributed by atoms with van der Waals surface area (Å²) in [6.45, 7) is 14.5. The van der Waals surface area contributed by atoms with Crippen molar-refractivity contribution in [1.29, 1.82) is 0 Å². The lowest BCUT2D eigenvalue weighted by atomic mass is 10.0. The minimum Gasteiger partial charge on any atom is -0.494 e. The largest absolute Gasteiger partial charge is 0.494 e. The van der Waals surface area contributed by atoms with Crippen molar-refractivity contribution in [2.45, 2.75) is 46.3 Å². The molecule has 0 saturated carbocycles. The average Bonchev–Trinajstić information content (AvgIpc) is 3.51. The van der Waals surface area contributed by atoms with Gasteiger partial charge in [0, 0.05) is 25.3 Å². The minimum absolute atomic E-state index is 0.421. The molecule has 0 saturated heterocycles. The number of benzene rings is 1. The zero-order chi connectivity index (χ0) is 28.7. The molecule has 0 spiro atoms. The van der Waals surface area contributed by atoms with Crippen LogP contribution in [0.25, 0.3) is 11.1 Å². The van der Waals surface area contributed by atoms with Crippen LogP contribution in [0.5, 0.6) is 0 Å². The number of hydrogen-bond donors (Lipinski definition) is 4. The summed E-state index contributed by atoms with van der Waals surface area (Å²) in [7, 11) is 0. The van der Waals surface area contributed by atoms with E-state index in [4.69, 9.17) is 20.6 Å². The van der Waals surface area contributed by atoms with Crippen molar-refractivity contribution in [2.24, 2.45) is 5.73 Å². The first kappa shape index (κ1) is 30.5. The molecule has 6 N–H and O–H groups in total. The van der Waals surface area contributed by atoms with Crippen LogP contribution < -0.4 is 22.1 Å². The number of nitrogens with two attached hydrogens (primary N) is 2. The predicted molar refractivity (Wildman–Crippen MR) is 165 cm³/mol. The predicted octanol–water partition coefficient (Wildman–Crippen LogP) is 6.20. The Bertz CT molecular complexity index is 1250. The van der Waals surface area contributed by atoms with Gasteiger partial charge in [-0.1, -0.05) is 45.5 Å². The van der Waals surface area contributed by atoms with Crippen molar-refractivity contribution < 1.29 is 9.15 Å². The molecule has 0 radical (unpaired) electrons. The number of furan rings is 1. The molecule has 0 aliphatic rings. The normalized spacial score (nSPS) is 12.8. The Morgan fingerprint density at radius 3 is 2.67 bits per heavy atom. The van der Waals surface area contributed by atoms with Crippen molar-refractivity contribution in [3.05, 3.63) is 102 Å². The van der Waals surface area contributed by atoms with E-state index in [0.717, 1.165) is 55.9 Å². The highest BCUT2D eigenvalue weighted by Gasteiger charge is 2.12. The van der Waals surface area contributed by atoms with Gasteiger partial charge in [-0.3, -0.25) is 4.90 Å². The Balaban J connectivity index is 1.62. The van der Waals surface area contributed by atoms with E-state index in [-0.39, 0.29) is 0 Å². The zero-order valence-corrected chi connectivity index (χ0v) is 24.0. The smallest absolute Gasteiger partial charge is 0.140 e. The monoisotopic (exact) mass is 544 g/mol. The summed E-state index contributed by atoms with van der Waals surface area (Å²) in [5.41, 5.74) is 16.8. The van der Waals surface area contributed by atoms with E-state index >= 15 is 0 Å². The van der Waals surface area contributed by atoms with Crippen molar-refractivity contribution >= 4 is 11.6 Å². The molecule has 0 aliphatic heterocycles. The lowest BCUT2D eigenvalue weighted by molar-refractivity contribution is 0.225. The molecule has 2 aromatic heterocycles. The number of hydrogen-bond acceptors (Lipinski definition) is 8. The van der Waals surface area contributed by atoms with Gasteiger partial charge in [0.15, 0.2) is 0 Å². The summed E-state index contributed by atoms with van der Waals surface area (Å²) in [5.74, 6) is 2.44. The zero-order valence-electron chi connectivity index (χ0n) is 24.0. The van der Waals surface area contributed by atoms with Crippen LogP contribution in [0.3, 0.4) is 0 Å². The van der Waals surface area contributed by atoms with Gasteiger partial charge >= 0.3 is 0 Å². The highest BCUT2D eigenvalue weighted by molar-refractivity contribution is 5.70. The number of anilines is 2. The Hall–Kier alpha value is -4.01. The molecule has 2 heterocycles. The first-order valence-corrected chi connectivity index (χ1v) is 14.0. The molecule has 0 fully saturated rings. The van der Waals surface area contributed by atoms with Gasteiger partial charge in [0.25, 0.3) is 0 Å². The number of nitrogen functional groups attached to an aromatic ring is 1. The second kappa shape index (κ2) is 16.2. The van der Waals surface area contributed by atoms with Crippen LogP contribution >= 0.6 is 0 Å². The summed E-state index contributed by atoms with van der Waals surface area (Å²) in [6, 6.07) is 16.0. The van der Waals surface area contributed by atoms with E-state index in [1.54, 1.807) is 18.4 Å². The molecule has 0 bridgehead atoms. The minimum atomic E-state index is -0.521. The van der Waals surface area contributed by atoms with Gasteiger partial charge in [0.2, 0.25) is 0 Å². The number of nitrogens with one attached hydrogen (secondary N) is 2. The first-order chi connectivity index (χ1) is 19.4. The summed E-state index contributed by atoms with van der Waals surface area (Å²) in [5, 5.41) is 6.74. The van der Waals surface area contributed by atoms with E-state index in [1.807, 2.05) is 24.3 Å². The summed E-state index contributed by atoms with van der Waals surface area (Å²) in [4.78, 5) is 6.82. The maximum absolute atomic E-state index is 6.21. The van der Waals surface area contributed by atoms with Crippen molar-refractivity contribution in [1.82, 2.24) is 15.2 Å². The second-order valence-electron chi connectivity index (χ2n) is 9.47. The van der Waals surface area contributed by atoms with Gasteiger partial charge in [0.05, 0.1) is 12.9 Å². The van der Waals surface area contributed by atoms with Crippen molar-refractivity contribution in [3.63, 3.8) is 0 Å². The molecule has 3 aromatic rings. The Morgan fingerprint density at radius 1 is 1.12 bits per heavy atom. The third-order valence-electron chi connectivity index (χ3n) is 6.40. The van der Waals surface area contributed by atoms with E-state index < -0.39 is 6.17 Å². The van der Waals surface area contributed by atoms with Gasteiger partial charge in [0.1, 0.15) is 29.3 Å². The first-order valence-electron chi connectivity index (χ1n) is 14.0. The van der Waals surface area contributed by atoms with Gasteiger partial charge in [-0.2, -0.15) is 0 Å². The fourth-order valence-corrected chi connectivity index (χ4v) is 4.20. The highest BCUT2D eigenvalue weighted by Crippen LogP contribution is 2.26. The Kier molecular flexibility index (Phi) is 12.3. The number of aromatic nitrogens is 1. The molecule has 8 heteroatoms. The summed E-state index contributed by atoms with van der Waals surface area (Å²) in [6.07, 6.45) is 8.77. The Morgan fingerprint density at radius 2 is 1.98 bits per heavy atom. The van der Waals surface area contributed by atoms with Crippen molar-refractivity contribution in [3.8, 4) is 11.1 Å². The third-order valence-corrected chi connectivity index (χ3v) is 6.40. The van der Waals surface area contributed by atoms with Gasteiger partial charge in [-0.15, -0.1) is 0 Å². The quantitative estimate of drug-likeness (QED) is 0.0903. The number of pyridine rings is 1. The van der Waals surface area contributed by atoms with Crippen LogP contribution in [0.2, 0.25) is 0 Å². The molecule has 40 heavy (non-hydrogen) atoms. The van der Waals surface area contributed by atoms with Crippen LogP contribution in [-0.2, 0) is 11.3 Å². The van der Waals surface area contributed by atoms with E-state index in [1.165, 1.54) is 11.3 Å². The molecule has 1 unspecified atom stereocenters. The molecule has 214 valence electrons. The van der Waals surface area contributed by atoms with Crippen molar-refractivity contribution in [2.75, 3.05) is 37.3 Å². The van der Waals surface area contributed by atoms with Gasteiger partial charge < -0.3 is 31.3 Å². The van der Waals surface area contributed by atoms with Crippen LogP contribution in [0.15, 0.2) is 95.5 Å². The van der Waals surface area contributed by atoms with Gasteiger partial charge in [-0.25, -0.2) is 4.98 Å². The summed E-state index contributed by atoms with van der Waals surface area (Å²) < 4.78 is 11.1. The highest BCUT2D eigenvalue weighted by atomic mass is 16.5. The fourth-order valence-electron chi connectivity index (χ4n) is 4.20. The third kappa shape index (κ3) is 9.63. The van der Waals surface area contributed by atoms with Crippen LogP contribution in [0.4, 0.5) is 11.6 Å². The van der Waals surface area contributed by atoms with Crippen LogP contribution in [-0.4, -0.2) is 36.1 Å². The molecule has 3 rings (SSSR count). The molecular weight excluding hydrogens is 500 g/mol. The van der Waals surface area contributed by atoms with Gasteiger partial charge in [-0.05, 0) is 84.6 Å². The number of ether oxygens (including phenoxy) is 1.